The zero-order valence-corrected chi connectivity index (χ0v) is 15.0. The van der Waals surface area contributed by atoms with Crippen LogP contribution in [-0.2, 0) is 13.0 Å². The average molecular weight is 372 g/mol. The van der Waals surface area contributed by atoms with Gasteiger partial charge in [-0.3, -0.25) is 4.79 Å². The summed E-state index contributed by atoms with van der Waals surface area (Å²) in [5.74, 6) is 1.24. The molecule has 1 atom stereocenters. The lowest BCUT2D eigenvalue weighted by Gasteiger charge is -2.22. The zero-order valence-electron chi connectivity index (χ0n) is 14.3. The van der Waals surface area contributed by atoms with Crippen LogP contribution in [0.2, 0.25) is 5.02 Å². The largest absolute Gasteiger partial charge is 0.339 e. The highest BCUT2D eigenvalue weighted by Crippen LogP contribution is 2.23. The maximum absolute atomic E-state index is 12.7. The first-order valence-electron chi connectivity index (χ1n) is 8.56. The van der Waals surface area contributed by atoms with E-state index in [1.807, 2.05) is 29.8 Å². The molecule has 1 N–H and O–H groups in total. The number of amides is 1. The fourth-order valence-electron chi connectivity index (χ4n) is 3.13. The molecular weight excluding hydrogens is 354 g/mol. The van der Waals surface area contributed by atoms with Crippen molar-refractivity contribution in [2.75, 3.05) is 0 Å². The third kappa shape index (κ3) is 2.96. The minimum Gasteiger partial charge on any atom is -0.339 e. The molecule has 26 heavy (non-hydrogen) atoms. The van der Waals surface area contributed by atoms with Gasteiger partial charge in [-0.05, 0) is 25.0 Å². The van der Waals surface area contributed by atoms with Crippen LogP contribution in [0.5, 0.6) is 0 Å². The van der Waals surface area contributed by atoms with Crippen molar-refractivity contribution in [3.05, 3.63) is 53.1 Å². The Morgan fingerprint density at radius 2 is 2.23 bits per heavy atom. The summed E-state index contributed by atoms with van der Waals surface area (Å²) in [5.41, 5.74) is 0.704. The van der Waals surface area contributed by atoms with Crippen LogP contribution in [0.15, 0.2) is 30.6 Å². The third-order valence-corrected chi connectivity index (χ3v) is 4.72. The maximum Gasteiger partial charge on any atom is 0.291 e. The summed E-state index contributed by atoms with van der Waals surface area (Å²) < 4.78 is 3.45. The Bertz CT molecular complexity index is 948. The van der Waals surface area contributed by atoms with Crippen molar-refractivity contribution >= 4 is 17.5 Å². The highest BCUT2D eigenvalue weighted by atomic mass is 35.5. The molecule has 2 aromatic heterocycles. The molecule has 3 heterocycles. The smallest absolute Gasteiger partial charge is 0.291 e. The molecule has 1 aliphatic rings. The average Bonchev–Trinajstić information content (AvgIpc) is 3.29. The number of carbonyl (C=O) groups is 1. The normalized spacial score (nSPS) is 16.3. The first-order chi connectivity index (χ1) is 12.7. The number of hydrogen-bond acceptors (Lipinski definition) is 5. The van der Waals surface area contributed by atoms with E-state index in [-0.39, 0.29) is 17.8 Å². The van der Waals surface area contributed by atoms with E-state index >= 15 is 0 Å². The predicted molar refractivity (Wildman–Crippen MR) is 95.2 cm³/mol. The monoisotopic (exact) mass is 371 g/mol. The fourth-order valence-corrected chi connectivity index (χ4v) is 3.35. The van der Waals surface area contributed by atoms with Crippen LogP contribution in [0.4, 0.5) is 0 Å². The van der Waals surface area contributed by atoms with Crippen LogP contribution < -0.4 is 5.32 Å². The highest BCUT2D eigenvalue weighted by Gasteiger charge is 2.26. The van der Waals surface area contributed by atoms with Gasteiger partial charge in [0.25, 0.3) is 5.91 Å². The summed E-state index contributed by atoms with van der Waals surface area (Å²) in [5, 5.41) is 12.1. The number of aromatic nitrogens is 6. The molecule has 0 fully saturated rings. The van der Waals surface area contributed by atoms with Crippen LogP contribution in [-0.4, -0.2) is 35.4 Å². The van der Waals surface area contributed by atoms with E-state index in [9.17, 15) is 4.79 Å². The quantitative estimate of drug-likeness (QED) is 0.760. The zero-order chi connectivity index (χ0) is 18.1. The number of rotatable bonds is 4. The van der Waals surface area contributed by atoms with Crippen molar-refractivity contribution in [1.82, 2.24) is 34.8 Å². The first-order valence-corrected chi connectivity index (χ1v) is 8.94. The molecule has 8 nitrogen and oxygen atoms in total. The number of para-hydroxylation sites is 1. The van der Waals surface area contributed by atoms with Gasteiger partial charge in [0.2, 0.25) is 5.82 Å². The molecule has 9 heteroatoms. The topological polar surface area (TPSA) is 90.5 Å². The fraction of sp³-hybridized carbons (Fsp3) is 0.353. The summed E-state index contributed by atoms with van der Waals surface area (Å²) in [6, 6.07) is 7.17. The minimum absolute atomic E-state index is 0.124. The first kappa shape index (κ1) is 16.7. The Balaban J connectivity index is 1.61. The van der Waals surface area contributed by atoms with Gasteiger partial charge in [0.1, 0.15) is 18.0 Å². The molecule has 1 amide bonds. The van der Waals surface area contributed by atoms with Gasteiger partial charge >= 0.3 is 0 Å². The van der Waals surface area contributed by atoms with Gasteiger partial charge in [-0.1, -0.05) is 30.7 Å². The summed E-state index contributed by atoms with van der Waals surface area (Å²) in [6.07, 6.45) is 3.89. The molecule has 0 unspecified atom stereocenters. The number of hydrogen-bond donors (Lipinski definition) is 1. The van der Waals surface area contributed by atoms with Crippen LogP contribution in [0.1, 0.15) is 48.1 Å². The van der Waals surface area contributed by atoms with Gasteiger partial charge < -0.3 is 5.32 Å². The van der Waals surface area contributed by atoms with E-state index in [4.69, 9.17) is 11.6 Å². The number of benzene rings is 1. The van der Waals surface area contributed by atoms with Gasteiger partial charge in [0.05, 0.1) is 16.8 Å². The SMILES string of the molecule is CCc1nc(C(=O)N[C@@H]2CCCn3ncnc32)nn1-c1ccccc1Cl. The summed E-state index contributed by atoms with van der Waals surface area (Å²) in [7, 11) is 0. The number of halogens is 1. The van der Waals surface area contributed by atoms with Crippen LogP contribution in [0, 0.1) is 0 Å². The molecule has 0 aliphatic carbocycles. The summed E-state index contributed by atoms with van der Waals surface area (Å²) >= 11 is 6.27. The number of aryl methyl sites for hydroxylation is 2. The second-order valence-corrected chi connectivity index (χ2v) is 6.49. The molecule has 1 aliphatic heterocycles. The van der Waals surface area contributed by atoms with Crippen molar-refractivity contribution < 1.29 is 4.79 Å². The van der Waals surface area contributed by atoms with Crippen LogP contribution >= 0.6 is 11.6 Å². The Morgan fingerprint density at radius 1 is 1.38 bits per heavy atom. The van der Waals surface area contributed by atoms with Gasteiger partial charge in [0, 0.05) is 13.0 Å². The van der Waals surface area contributed by atoms with Crippen molar-refractivity contribution in [1.29, 1.82) is 0 Å². The van der Waals surface area contributed by atoms with Crippen molar-refractivity contribution in [3.8, 4) is 5.69 Å². The number of nitrogens with zero attached hydrogens (tertiary/aromatic N) is 6. The Morgan fingerprint density at radius 3 is 3.04 bits per heavy atom. The summed E-state index contributed by atoms with van der Waals surface area (Å²) in [4.78, 5) is 21.4. The molecule has 0 radical (unpaired) electrons. The molecule has 0 spiro atoms. The molecule has 0 bridgehead atoms. The molecule has 134 valence electrons. The second-order valence-electron chi connectivity index (χ2n) is 6.08. The van der Waals surface area contributed by atoms with E-state index in [2.05, 4.69) is 25.5 Å². The van der Waals surface area contributed by atoms with Gasteiger partial charge in [-0.2, -0.15) is 5.10 Å². The predicted octanol–water partition coefficient (Wildman–Crippen LogP) is 2.34. The van der Waals surface area contributed by atoms with E-state index in [1.165, 1.54) is 6.33 Å². The molecule has 0 saturated carbocycles. The number of fused-ring (bicyclic) bond motifs is 1. The molecular formula is C17H18ClN7O. The molecule has 1 aromatic carbocycles. The Hall–Kier alpha value is -2.74. The standard InChI is InChI=1S/C17H18ClN7O/c1-2-14-22-15(23-25(14)13-8-4-3-6-11(13)18)17(26)21-12-7-5-9-24-16(12)19-10-20-24/h3-4,6,8,10,12H,2,5,7,9H2,1H3,(H,21,26)/t12-/m1/s1. The second kappa shape index (κ2) is 6.87. The van der Waals surface area contributed by atoms with Crippen molar-refractivity contribution in [3.63, 3.8) is 0 Å². The number of nitrogens with one attached hydrogen (secondary N) is 1. The van der Waals surface area contributed by atoms with E-state index < -0.39 is 0 Å². The van der Waals surface area contributed by atoms with Gasteiger partial charge in [-0.15, -0.1) is 5.10 Å². The molecule has 0 saturated heterocycles. The molecule has 3 aromatic rings. The Labute approximate surface area is 155 Å². The van der Waals surface area contributed by atoms with Gasteiger partial charge in [0.15, 0.2) is 0 Å². The van der Waals surface area contributed by atoms with Gasteiger partial charge in [-0.25, -0.2) is 19.3 Å². The van der Waals surface area contributed by atoms with Crippen molar-refractivity contribution in [2.24, 2.45) is 0 Å². The Kier molecular flexibility index (Phi) is 4.42. The van der Waals surface area contributed by atoms with E-state index in [1.54, 1.807) is 10.7 Å². The number of carbonyl (C=O) groups excluding carboxylic acids is 1. The van der Waals surface area contributed by atoms with Crippen molar-refractivity contribution in [2.45, 2.75) is 38.8 Å². The third-order valence-electron chi connectivity index (χ3n) is 4.40. The minimum atomic E-state index is -0.327. The maximum atomic E-state index is 12.7. The lowest BCUT2D eigenvalue weighted by molar-refractivity contribution is 0.0916. The lowest BCUT2D eigenvalue weighted by Crippen LogP contribution is -2.34. The lowest BCUT2D eigenvalue weighted by atomic mass is 10.1. The highest BCUT2D eigenvalue weighted by molar-refractivity contribution is 6.32. The van der Waals surface area contributed by atoms with E-state index in [0.29, 0.717) is 23.0 Å². The van der Waals surface area contributed by atoms with Crippen LogP contribution in [0.25, 0.3) is 5.69 Å². The van der Waals surface area contributed by atoms with Crippen LogP contribution in [0.3, 0.4) is 0 Å². The molecule has 4 rings (SSSR count). The van der Waals surface area contributed by atoms with E-state index in [0.717, 1.165) is 25.2 Å². The summed E-state index contributed by atoms with van der Waals surface area (Å²) in [6.45, 7) is 2.78.